The lowest BCUT2D eigenvalue weighted by Crippen LogP contribution is -2.38. The predicted octanol–water partition coefficient (Wildman–Crippen LogP) is 0.159. The van der Waals surface area contributed by atoms with E-state index in [1.54, 1.807) is 0 Å². The van der Waals surface area contributed by atoms with Crippen LogP contribution < -0.4 is 5.32 Å². The van der Waals surface area contributed by atoms with Gasteiger partial charge in [0.25, 0.3) is 0 Å². The smallest absolute Gasteiger partial charge is 0.222 e. The van der Waals surface area contributed by atoms with Crippen molar-refractivity contribution in [1.29, 1.82) is 0 Å². The number of aliphatic hydroxyl groups is 1. The van der Waals surface area contributed by atoms with E-state index in [1.807, 2.05) is 13.8 Å². The molecule has 2 atom stereocenters. The standard InChI is InChI=1S/C11H19NO3/c1-4-6-15-7-5-11(14)12-10(3)9(2)8-13/h1,9-10,13H,5-8H2,2-3H3,(H,12,14). The number of hydrogen-bond donors (Lipinski definition) is 2. The number of terminal acetylenes is 1. The summed E-state index contributed by atoms with van der Waals surface area (Å²) in [6, 6.07) is -0.0323. The average molecular weight is 213 g/mol. The molecule has 0 aliphatic heterocycles. The molecule has 0 aromatic heterocycles. The highest BCUT2D eigenvalue weighted by Crippen LogP contribution is 2.00. The molecule has 0 aromatic carbocycles. The van der Waals surface area contributed by atoms with E-state index in [0.717, 1.165) is 0 Å². The zero-order valence-electron chi connectivity index (χ0n) is 9.32. The highest BCUT2D eigenvalue weighted by atomic mass is 16.5. The molecule has 0 heterocycles. The molecule has 0 saturated heterocycles. The second kappa shape index (κ2) is 8.27. The Labute approximate surface area is 91.0 Å². The molecule has 4 heteroatoms. The Balaban J connectivity index is 3.61. The second-order valence-electron chi connectivity index (χ2n) is 3.52. The van der Waals surface area contributed by atoms with Crippen molar-refractivity contribution < 1.29 is 14.6 Å². The van der Waals surface area contributed by atoms with E-state index in [9.17, 15) is 4.79 Å². The van der Waals surface area contributed by atoms with Gasteiger partial charge < -0.3 is 15.2 Å². The van der Waals surface area contributed by atoms with Crippen LogP contribution in [0.5, 0.6) is 0 Å². The summed E-state index contributed by atoms with van der Waals surface area (Å²) in [5.74, 6) is 2.30. The topological polar surface area (TPSA) is 58.6 Å². The van der Waals surface area contributed by atoms with Crippen LogP contribution in [-0.2, 0) is 9.53 Å². The summed E-state index contributed by atoms with van der Waals surface area (Å²) < 4.78 is 4.98. The van der Waals surface area contributed by atoms with Crippen LogP contribution in [0.25, 0.3) is 0 Å². The number of nitrogens with one attached hydrogen (secondary N) is 1. The second-order valence-corrected chi connectivity index (χ2v) is 3.52. The first-order valence-corrected chi connectivity index (χ1v) is 5.03. The lowest BCUT2D eigenvalue weighted by Gasteiger charge is -2.19. The minimum Gasteiger partial charge on any atom is -0.396 e. The van der Waals surface area contributed by atoms with E-state index in [1.165, 1.54) is 0 Å². The van der Waals surface area contributed by atoms with Gasteiger partial charge >= 0.3 is 0 Å². The lowest BCUT2D eigenvalue weighted by molar-refractivity contribution is -0.123. The molecule has 2 unspecified atom stereocenters. The molecule has 0 radical (unpaired) electrons. The van der Waals surface area contributed by atoms with Gasteiger partial charge in [0.2, 0.25) is 5.91 Å². The molecular formula is C11H19NO3. The van der Waals surface area contributed by atoms with Crippen molar-refractivity contribution in [2.24, 2.45) is 5.92 Å². The van der Waals surface area contributed by atoms with Gasteiger partial charge in [0.15, 0.2) is 0 Å². The van der Waals surface area contributed by atoms with E-state index < -0.39 is 0 Å². The van der Waals surface area contributed by atoms with Gasteiger partial charge in [0.05, 0.1) is 13.0 Å². The van der Waals surface area contributed by atoms with Gasteiger partial charge in [-0.3, -0.25) is 4.79 Å². The number of hydrogen-bond acceptors (Lipinski definition) is 3. The molecule has 15 heavy (non-hydrogen) atoms. The number of amides is 1. The van der Waals surface area contributed by atoms with Crippen LogP contribution in [-0.4, -0.2) is 36.9 Å². The Morgan fingerprint density at radius 3 is 2.80 bits per heavy atom. The zero-order chi connectivity index (χ0) is 11.7. The molecule has 0 aromatic rings. The normalized spacial score (nSPS) is 14.0. The van der Waals surface area contributed by atoms with Gasteiger partial charge in [-0.15, -0.1) is 6.42 Å². The number of carbonyl (C=O) groups is 1. The van der Waals surface area contributed by atoms with Crippen LogP contribution >= 0.6 is 0 Å². The third kappa shape index (κ3) is 6.95. The van der Waals surface area contributed by atoms with Crippen molar-refractivity contribution in [2.45, 2.75) is 26.3 Å². The fraction of sp³-hybridized carbons (Fsp3) is 0.727. The van der Waals surface area contributed by atoms with Gasteiger partial charge in [-0.2, -0.15) is 0 Å². The molecule has 0 fully saturated rings. The van der Waals surface area contributed by atoms with Crippen LogP contribution in [0.15, 0.2) is 0 Å². The lowest BCUT2D eigenvalue weighted by atomic mass is 10.1. The van der Waals surface area contributed by atoms with Crippen molar-refractivity contribution in [3.63, 3.8) is 0 Å². The molecule has 86 valence electrons. The Bertz CT molecular complexity index is 222. The van der Waals surface area contributed by atoms with Crippen molar-refractivity contribution >= 4 is 5.91 Å². The summed E-state index contributed by atoms with van der Waals surface area (Å²) in [4.78, 5) is 11.3. The van der Waals surface area contributed by atoms with Crippen LogP contribution in [0.3, 0.4) is 0 Å². The number of ether oxygens (including phenoxy) is 1. The van der Waals surface area contributed by atoms with Crippen LogP contribution in [0.1, 0.15) is 20.3 Å². The third-order valence-corrected chi connectivity index (χ3v) is 2.19. The zero-order valence-corrected chi connectivity index (χ0v) is 9.32. The molecule has 0 rings (SSSR count). The summed E-state index contributed by atoms with van der Waals surface area (Å²) in [7, 11) is 0. The minimum atomic E-state index is -0.0835. The summed E-state index contributed by atoms with van der Waals surface area (Å²) >= 11 is 0. The molecule has 0 bridgehead atoms. The number of carbonyl (C=O) groups excluding carboxylic acids is 1. The number of aliphatic hydroxyl groups excluding tert-OH is 1. The van der Waals surface area contributed by atoms with E-state index in [4.69, 9.17) is 16.3 Å². The van der Waals surface area contributed by atoms with Crippen LogP contribution in [0, 0.1) is 18.3 Å². The van der Waals surface area contributed by atoms with Crippen LogP contribution in [0.2, 0.25) is 0 Å². The molecule has 1 amide bonds. The molecule has 0 saturated carbocycles. The molecular weight excluding hydrogens is 194 g/mol. The van der Waals surface area contributed by atoms with Crippen molar-refractivity contribution in [3.05, 3.63) is 0 Å². The first kappa shape index (κ1) is 13.9. The summed E-state index contributed by atoms with van der Waals surface area (Å²) in [5.41, 5.74) is 0. The summed E-state index contributed by atoms with van der Waals surface area (Å²) in [5, 5.41) is 11.6. The maximum Gasteiger partial charge on any atom is 0.222 e. The Kier molecular flexibility index (Phi) is 7.69. The van der Waals surface area contributed by atoms with Gasteiger partial charge in [0, 0.05) is 12.6 Å². The van der Waals surface area contributed by atoms with E-state index in [-0.39, 0.29) is 31.1 Å². The molecule has 0 aliphatic rings. The van der Waals surface area contributed by atoms with E-state index >= 15 is 0 Å². The summed E-state index contributed by atoms with van der Waals surface area (Å²) in [6.07, 6.45) is 5.28. The van der Waals surface area contributed by atoms with Gasteiger partial charge in [-0.1, -0.05) is 12.8 Å². The molecule has 4 nitrogen and oxygen atoms in total. The van der Waals surface area contributed by atoms with Crippen LogP contribution in [0.4, 0.5) is 0 Å². The highest BCUT2D eigenvalue weighted by Gasteiger charge is 2.13. The van der Waals surface area contributed by atoms with Gasteiger partial charge in [-0.25, -0.2) is 0 Å². The first-order valence-electron chi connectivity index (χ1n) is 5.03. The monoisotopic (exact) mass is 213 g/mol. The fourth-order valence-electron chi connectivity index (χ4n) is 0.922. The first-order chi connectivity index (χ1) is 7.11. The SMILES string of the molecule is C#CCOCCC(=O)NC(C)C(C)CO. The Hall–Kier alpha value is -1.05. The average Bonchev–Trinajstić information content (AvgIpc) is 2.23. The quantitative estimate of drug-likeness (QED) is 0.468. The third-order valence-electron chi connectivity index (χ3n) is 2.19. The van der Waals surface area contributed by atoms with E-state index in [0.29, 0.717) is 13.0 Å². The molecule has 0 aliphatic carbocycles. The predicted molar refractivity (Wildman–Crippen MR) is 58.1 cm³/mol. The summed E-state index contributed by atoms with van der Waals surface area (Å²) in [6.45, 7) is 4.36. The molecule has 2 N–H and O–H groups in total. The van der Waals surface area contributed by atoms with Crippen molar-refractivity contribution in [2.75, 3.05) is 19.8 Å². The van der Waals surface area contributed by atoms with Crippen molar-refractivity contribution in [3.8, 4) is 12.3 Å². The fourth-order valence-corrected chi connectivity index (χ4v) is 0.922. The van der Waals surface area contributed by atoms with Gasteiger partial charge in [0.1, 0.15) is 6.61 Å². The largest absolute Gasteiger partial charge is 0.396 e. The Morgan fingerprint density at radius 1 is 1.60 bits per heavy atom. The highest BCUT2D eigenvalue weighted by molar-refractivity contribution is 5.76. The maximum atomic E-state index is 11.3. The molecule has 0 spiro atoms. The number of rotatable bonds is 7. The maximum absolute atomic E-state index is 11.3. The van der Waals surface area contributed by atoms with Gasteiger partial charge in [-0.05, 0) is 12.8 Å². The minimum absolute atomic E-state index is 0.0323. The van der Waals surface area contributed by atoms with E-state index in [2.05, 4.69) is 11.2 Å². The Morgan fingerprint density at radius 2 is 2.27 bits per heavy atom. The van der Waals surface area contributed by atoms with Crippen molar-refractivity contribution in [1.82, 2.24) is 5.32 Å².